The molecule has 0 aliphatic rings. The molecule has 100 valence electrons. The molecule has 0 aromatic heterocycles. The highest BCUT2D eigenvalue weighted by atomic mass is 32.2. The van der Waals surface area contributed by atoms with Crippen LogP contribution in [0.1, 0.15) is 30.2 Å². The van der Waals surface area contributed by atoms with Crippen LogP contribution in [0.5, 0.6) is 0 Å². The second kappa shape index (κ2) is 7.44. The largest absolute Gasteiger partial charge is 0.465 e. The molecule has 1 aromatic carbocycles. The first kappa shape index (κ1) is 15.1. The average molecular weight is 267 g/mol. The molecule has 18 heavy (non-hydrogen) atoms. The van der Waals surface area contributed by atoms with Crippen LogP contribution in [0, 0.1) is 6.92 Å². The van der Waals surface area contributed by atoms with E-state index in [4.69, 9.17) is 10.5 Å². The molecule has 1 rings (SSSR count). The van der Waals surface area contributed by atoms with E-state index >= 15 is 0 Å². The van der Waals surface area contributed by atoms with E-state index < -0.39 is 0 Å². The van der Waals surface area contributed by atoms with E-state index in [0.717, 1.165) is 5.56 Å². The van der Waals surface area contributed by atoms with Crippen molar-refractivity contribution >= 4 is 17.7 Å². The summed E-state index contributed by atoms with van der Waals surface area (Å²) < 4.78 is 4.93. The Hall–Kier alpha value is -1.00. The van der Waals surface area contributed by atoms with Crippen LogP contribution < -0.4 is 5.73 Å². The van der Waals surface area contributed by atoms with Gasteiger partial charge in [-0.05, 0) is 26.3 Å². The van der Waals surface area contributed by atoms with Gasteiger partial charge in [0.25, 0.3) is 0 Å². The van der Waals surface area contributed by atoms with E-state index in [-0.39, 0.29) is 17.3 Å². The van der Waals surface area contributed by atoms with E-state index in [2.05, 4.69) is 31.2 Å². The summed E-state index contributed by atoms with van der Waals surface area (Å²) in [6.07, 6.45) is 0. The van der Waals surface area contributed by atoms with Crippen LogP contribution in [0.2, 0.25) is 0 Å². The van der Waals surface area contributed by atoms with Gasteiger partial charge in [-0.1, -0.05) is 29.8 Å². The Labute approximate surface area is 113 Å². The number of benzene rings is 1. The van der Waals surface area contributed by atoms with Gasteiger partial charge in [0.05, 0.1) is 12.4 Å². The molecule has 0 spiro atoms. The molecular weight excluding hydrogens is 246 g/mol. The maximum atomic E-state index is 11.4. The summed E-state index contributed by atoms with van der Waals surface area (Å²) in [5.74, 6) is 0.161. The molecule has 0 saturated carbocycles. The first-order valence-corrected chi connectivity index (χ1v) is 7.18. The highest BCUT2D eigenvalue weighted by Crippen LogP contribution is 2.31. The van der Waals surface area contributed by atoms with E-state index in [9.17, 15) is 4.79 Å². The summed E-state index contributed by atoms with van der Waals surface area (Å²) in [5, 5.41) is 0.120. The van der Waals surface area contributed by atoms with Gasteiger partial charge in [0.2, 0.25) is 0 Å². The fourth-order valence-electron chi connectivity index (χ4n) is 1.67. The second-order valence-electron chi connectivity index (χ2n) is 4.31. The summed E-state index contributed by atoms with van der Waals surface area (Å²) in [7, 11) is 0. The lowest BCUT2D eigenvalue weighted by molar-refractivity contribution is -0.139. The van der Waals surface area contributed by atoms with Crippen LogP contribution in [0.25, 0.3) is 0 Å². The van der Waals surface area contributed by atoms with E-state index in [0.29, 0.717) is 12.4 Å². The summed E-state index contributed by atoms with van der Waals surface area (Å²) in [5.41, 5.74) is 8.37. The topological polar surface area (TPSA) is 52.3 Å². The lowest BCUT2D eigenvalue weighted by Crippen LogP contribution is -2.24. The molecule has 0 aliphatic heterocycles. The molecule has 2 atom stereocenters. The van der Waals surface area contributed by atoms with Gasteiger partial charge in [-0.2, -0.15) is 0 Å². The third-order valence-corrected chi connectivity index (χ3v) is 4.03. The van der Waals surface area contributed by atoms with Gasteiger partial charge in [0.15, 0.2) is 0 Å². The number of hydrogen-bond acceptors (Lipinski definition) is 4. The number of hydrogen-bond donors (Lipinski definition) is 1. The van der Waals surface area contributed by atoms with Gasteiger partial charge in [0.1, 0.15) is 0 Å². The Bertz CT molecular complexity index is 376. The predicted molar refractivity (Wildman–Crippen MR) is 76.7 cm³/mol. The van der Waals surface area contributed by atoms with E-state index in [1.165, 1.54) is 17.3 Å². The second-order valence-corrected chi connectivity index (χ2v) is 5.44. The zero-order chi connectivity index (χ0) is 13.5. The minimum Gasteiger partial charge on any atom is -0.465 e. The van der Waals surface area contributed by atoms with Gasteiger partial charge in [-0.15, -0.1) is 11.8 Å². The molecule has 0 fully saturated rings. The SMILES string of the molecule is CCOC(=O)CSC(c1ccc(C)cc1)C(C)N. The minimum atomic E-state index is -0.180. The van der Waals surface area contributed by atoms with Crippen LogP contribution in [-0.2, 0) is 9.53 Å². The van der Waals surface area contributed by atoms with Crippen molar-refractivity contribution < 1.29 is 9.53 Å². The lowest BCUT2D eigenvalue weighted by atomic mass is 10.1. The first-order chi connectivity index (χ1) is 8.54. The third kappa shape index (κ3) is 4.70. The van der Waals surface area contributed by atoms with Gasteiger partial charge < -0.3 is 10.5 Å². The molecule has 0 aliphatic carbocycles. The van der Waals surface area contributed by atoms with Gasteiger partial charge in [0, 0.05) is 11.3 Å². The molecule has 0 bridgehead atoms. The van der Waals surface area contributed by atoms with E-state index in [1.54, 1.807) is 0 Å². The molecule has 0 saturated heterocycles. The molecule has 0 radical (unpaired) electrons. The molecule has 1 aromatic rings. The number of rotatable bonds is 6. The predicted octanol–water partition coefficient (Wildman–Crippen LogP) is 2.68. The molecule has 0 amide bonds. The zero-order valence-corrected chi connectivity index (χ0v) is 12.0. The number of nitrogens with two attached hydrogens (primary N) is 1. The van der Waals surface area contributed by atoms with Crippen molar-refractivity contribution in [3.05, 3.63) is 35.4 Å². The minimum absolute atomic E-state index is 0.00728. The summed E-state index contributed by atoms with van der Waals surface area (Å²) >= 11 is 1.54. The normalized spacial score (nSPS) is 14.0. The van der Waals surface area contributed by atoms with Crippen molar-refractivity contribution in [2.45, 2.75) is 32.1 Å². The third-order valence-electron chi connectivity index (χ3n) is 2.57. The van der Waals surface area contributed by atoms with Crippen LogP contribution >= 0.6 is 11.8 Å². The Morgan fingerprint density at radius 2 is 2.00 bits per heavy atom. The summed E-state index contributed by atoms with van der Waals surface area (Å²) in [4.78, 5) is 11.4. The quantitative estimate of drug-likeness (QED) is 0.805. The highest BCUT2D eigenvalue weighted by molar-refractivity contribution is 8.00. The van der Waals surface area contributed by atoms with E-state index in [1.807, 2.05) is 13.8 Å². The van der Waals surface area contributed by atoms with Crippen LogP contribution in [0.4, 0.5) is 0 Å². The van der Waals surface area contributed by atoms with Crippen molar-refractivity contribution in [1.82, 2.24) is 0 Å². The maximum Gasteiger partial charge on any atom is 0.315 e. The number of carbonyl (C=O) groups is 1. The maximum absolute atomic E-state index is 11.4. The first-order valence-electron chi connectivity index (χ1n) is 6.14. The smallest absolute Gasteiger partial charge is 0.315 e. The monoisotopic (exact) mass is 267 g/mol. The van der Waals surface area contributed by atoms with Crippen molar-refractivity contribution in [2.24, 2.45) is 5.73 Å². The van der Waals surface area contributed by atoms with Crippen molar-refractivity contribution in [2.75, 3.05) is 12.4 Å². The molecule has 2 N–H and O–H groups in total. The molecule has 2 unspecified atom stereocenters. The Morgan fingerprint density at radius 3 is 2.50 bits per heavy atom. The summed E-state index contributed by atoms with van der Waals surface area (Å²) in [6.45, 7) is 6.25. The van der Waals surface area contributed by atoms with Gasteiger partial charge in [-0.25, -0.2) is 0 Å². The Morgan fingerprint density at radius 1 is 1.39 bits per heavy atom. The van der Waals surface area contributed by atoms with Crippen molar-refractivity contribution in [3.63, 3.8) is 0 Å². The average Bonchev–Trinajstić information content (AvgIpc) is 2.31. The van der Waals surface area contributed by atoms with Crippen molar-refractivity contribution in [3.8, 4) is 0 Å². The van der Waals surface area contributed by atoms with Crippen molar-refractivity contribution in [1.29, 1.82) is 0 Å². The van der Waals surface area contributed by atoms with Crippen LogP contribution in [0.15, 0.2) is 24.3 Å². The van der Waals surface area contributed by atoms with Gasteiger partial charge in [-0.3, -0.25) is 4.79 Å². The lowest BCUT2D eigenvalue weighted by Gasteiger charge is -2.20. The van der Waals surface area contributed by atoms with Gasteiger partial charge >= 0.3 is 5.97 Å². The zero-order valence-electron chi connectivity index (χ0n) is 11.2. The fourth-order valence-corrected chi connectivity index (χ4v) is 2.72. The fraction of sp³-hybridized carbons (Fsp3) is 0.500. The van der Waals surface area contributed by atoms with Crippen LogP contribution in [-0.4, -0.2) is 24.4 Å². The number of esters is 1. The molecular formula is C14H21NO2S. The Kier molecular flexibility index (Phi) is 6.22. The number of ether oxygens (including phenoxy) is 1. The number of carbonyl (C=O) groups excluding carboxylic acids is 1. The van der Waals surface area contributed by atoms with Crippen LogP contribution in [0.3, 0.4) is 0 Å². The molecule has 0 heterocycles. The highest BCUT2D eigenvalue weighted by Gasteiger charge is 2.18. The molecule has 4 heteroatoms. The standard InChI is InChI=1S/C14H21NO2S/c1-4-17-13(16)9-18-14(11(3)15)12-7-5-10(2)6-8-12/h5-8,11,14H,4,9,15H2,1-3H3. The number of thioether (sulfide) groups is 1. The Balaban J connectivity index is 2.65. The number of aryl methyl sites for hydroxylation is 1. The summed E-state index contributed by atoms with van der Waals surface area (Å²) in [6, 6.07) is 8.26. The molecule has 3 nitrogen and oxygen atoms in total.